The molecular weight excluding hydrogens is 260 g/mol. The molecule has 0 saturated heterocycles. The van der Waals surface area contributed by atoms with Crippen LogP contribution in [0.3, 0.4) is 0 Å². The highest BCUT2D eigenvalue weighted by atomic mass is 16.2. The molecule has 0 amide bonds. The first-order chi connectivity index (χ1) is 9.61. The van der Waals surface area contributed by atoms with Crippen molar-refractivity contribution in [3.63, 3.8) is 0 Å². The van der Waals surface area contributed by atoms with Gasteiger partial charge >= 0.3 is 5.69 Å². The van der Waals surface area contributed by atoms with E-state index in [1.165, 1.54) is 0 Å². The monoisotopic (exact) mass is 276 g/mol. The van der Waals surface area contributed by atoms with Crippen molar-refractivity contribution in [2.24, 2.45) is 0 Å². The number of nitrogens with zero attached hydrogens (tertiary/aromatic N) is 2. The molecule has 0 unspecified atom stereocenters. The summed E-state index contributed by atoms with van der Waals surface area (Å²) in [6, 6.07) is 6.73. The molecule has 0 bridgehead atoms. The third-order valence-electron chi connectivity index (χ3n) is 2.90. The van der Waals surface area contributed by atoms with Crippen molar-refractivity contribution in [2.75, 3.05) is 27.2 Å². The molecule has 0 spiro atoms. The van der Waals surface area contributed by atoms with Gasteiger partial charge in [0.25, 0.3) is 0 Å². The standard InChI is InChI=1S/C13H16N4O3/c1-14-7-11(18)16-9-5-3-4-6-10(9)17(13(16)20)12(19)8-15-2/h3-6,14-15H,7-8H2,1-2H3. The zero-order valence-electron chi connectivity index (χ0n) is 11.3. The summed E-state index contributed by atoms with van der Waals surface area (Å²) in [6.45, 7) is 0.0439. The summed E-state index contributed by atoms with van der Waals surface area (Å²) in [6.07, 6.45) is 0. The number of carbonyl (C=O) groups excluding carboxylic acids is 2. The lowest BCUT2D eigenvalue weighted by molar-refractivity contribution is 0.0902. The summed E-state index contributed by atoms with van der Waals surface area (Å²) in [7, 11) is 3.24. The summed E-state index contributed by atoms with van der Waals surface area (Å²) >= 11 is 0. The number of carbonyl (C=O) groups is 2. The molecule has 2 rings (SSSR count). The maximum Gasteiger partial charge on any atom is 0.342 e. The quantitative estimate of drug-likeness (QED) is 0.788. The molecule has 0 aliphatic rings. The Hall–Kier alpha value is -2.25. The van der Waals surface area contributed by atoms with Crippen molar-refractivity contribution in [1.29, 1.82) is 0 Å². The highest BCUT2D eigenvalue weighted by Crippen LogP contribution is 2.12. The van der Waals surface area contributed by atoms with Crippen LogP contribution in [0.25, 0.3) is 11.0 Å². The Morgan fingerprint density at radius 2 is 1.35 bits per heavy atom. The summed E-state index contributed by atoms with van der Waals surface area (Å²) in [4.78, 5) is 36.4. The molecule has 2 aromatic rings. The Balaban J connectivity index is 2.71. The van der Waals surface area contributed by atoms with E-state index in [1.807, 2.05) is 0 Å². The maximum absolute atomic E-state index is 12.3. The van der Waals surface area contributed by atoms with E-state index in [-0.39, 0.29) is 13.1 Å². The minimum Gasteiger partial charge on any atom is -0.311 e. The average molecular weight is 276 g/mol. The summed E-state index contributed by atoms with van der Waals surface area (Å²) < 4.78 is 2.05. The Kier molecular flexibility index (Phi) is 4.11. The smallest absolute Gasteiger partial charge is 0.311 e. The topological polar surface area (TPSA) is 85.1 Å². The number of rotatable bonds is 4. The Morgan fingerprint density at radius 1 is 0.950 bits per heavy atom. The van der Waals surface area contributed by atoms with Crippen molar-refractivity contribution in [3.05, 3.63) is 34.7 Å². The second-order valence-electron chi connectivity index (χ2n) is 4.29. The lowest BCUT2D eigenvalue weighted by Gasteiger charge is -2.00. The first-order valence-corrected chi connectivity index (χ1v) is 6.20. The zero-order chi connectivity index (χ0) is 14.7. The molecule has 0 aliphatic carbocycles. The van der Waals surface area contributed by atoms with Gasteiger partial charge in [-0.05, 0) is 26.2 Å². The van der Waals surface area contributed by atoms with Gasteiger partial charge in [-0.1, -0.05) is 12.1 Å². The van der Waals surface area contributed by atoms with E-state index in [0.29, 0.717) is 11.0 Å². The Morgan fingerprint density at radius 3 is 1.70 bits per heavy atom. The zero-order valence-corrected chi connectivity index (χ0v) is 11.3. The van der Waals surface area contributed by atoms with Crippen LogP contribution in [0.1, 0.15) is 9.59 Å². The molecule has 7 nitrogen and oxygen atoms in total. The first kappa shape index (κ1) is 14.2. The van der Waals surface area contributed by atoms with Crippen LogP contribution in [0.4, 0.5) is 0 Å². The van der Waals surface area contributed by atoms with Crippen LogP contribution in [-0.2, 0) is 0 Å². The molecule has 2 N–H and O–H groups in total. The molecule has 1 aromatic heterocycles. The second-order valence-corrected chi connectivity index (χ2v) is 4.29. The van der Waals surface area contributed by atoms with Gasteiger partial charge in [-0.25, -0.2) is 13.9 Å². The van der Waals surface area contributed by atoms with Crippen molar-refractivity contribution < 1.29 is 9.59 Å². The minimum absolute atomic E-state index is 0.0220. The highest BCUT2D eigenvalue weighted by Gasteiger charge is 2.20. The number of para-hydroxylation sites is 2. The molecule has 0 radical (unpaired) electrons. The fraction of sp³-hybridized carbons (Fsp3) is 0.308. The van der Waals surface area contributed by atoms with Gasteiger partial charge in [0.1, 0.15) is 0 Å². The van der Waals surface area contributed by atoms with Gasteiger partial charge in [0.15, 0.2) is 0 Å². The highest BCUT2D eigenvalue weighted by molar-refractivity contribution is 5.97. The van der Waals surface area contributed by atoms with Crippen LogP contribution in [0.2, 0.25) is 0 Å². The lowest BCUT2D eigenvalue weighted by atomic mass is 10.3. The fourth-order valence-corrected chi connectivity index (χ4v) is 2.09. The SMILES string of the molecule is CNCC(=O)n1c(=O)n(C(=O)CNC)c2ccccc21. The molecular formula is C13H16N4O3. The van der Waals surface area contributed by atoms with E-state index < -0.39 is 17.5 Å². The van der Waals surface area contributed by atoms with Crippen LogP contribution in [-0.4, -0.2) is 48.1 Å². The van der Waals surface area contributed by atoms with Gasteiger partial charge in [0.05, 0.1) is 24.1 Å². The number of hydrogen-bond donors (Lipinski definition) is 2. The molecule has 0 fully saturated rings. The number of imidazole rings is 1. The molecule has 0 aliphatic heterocycles. The molecule has 106 valence electrons. The number of fused-ring (bicyclic) bond motifs is 1. The van der Waals surface area contributed by atoms with Crippen LogP contribution in [0.15, 0.2) is 29.1 Å². The molecule has 7 heteroatoms. The van der Waals surface area contributed by atoms with Crippen molar-refractivity contribution >= 4 is 22.8 Å². The third-order valence-corrected chi connectivity index (χ3v) is 2.90. The third kappa shape index (κ3) is 2.28. The normalized spacial score (nSPS) is 10.9. The van der Waals surface area contributed by atoms with Crippen molar-refractivity contribution in [1.82, 2.24) is 19.8 Å². The molecule has 20 heavy (non-hydrogen) atoms. The Labute approximate surface area is 115 Å². The number of likely N-dealkylation sites (N-methyl/N-ethyl adjacent to an activating group) is 2. The van der Waals surface area contributed by atoms with Gasteiger partial charge in [-0.15, -0.1) is 0 Å². The largest absolute Gasteiger partial charge is 0.342 e. The van der Waals surface area contributed by atoms with Gasteiger partial charge < -0.3 is 10.6 Å². The second kappa shape index (κ2) is 5.81. The number of hydrogen-bond acceptors (Lipinski definition) is 5. The number of benzene rings is 1. The predicted octanol–water partition coefficient (Wildman–Crippen LogP) is -0.478. The van der Waals surface area contributed by atoms with Crippen LogP contribution >= 0.6 is 0 Å². The van der Waals surface area contributed by atoms with Crippen LogP contribution in [0, 0.1) is 0 Å². The van der Waals surface area contributed by atoms with E-state index in [9.17, 15) is 14.4 Å². The number of aromatic nitrogens is 2. The fourth-order valence-electron chi connectivity index (χ4n) is 2.09. The van der Waals surface area contributed by atoms with Crippen molar-refractivity contribution in [3.8, 4) is 0 Å². The summed E-state index contributed by atoms with van der Waals surface area (Å²) in [5, 5.41) is 5.41. The number of nitrogens with one attached hydrogen (secondary N) is 2. The van der Waals surface area contributed by atoms with E-state index in [4.69, 9.17) is 0 Å². The van der Waals surface area contributed by atoms with Gasteiger partial charge in [-0.3, -0.25) is 9.59 Å². The molecule has 1 aromatic carbocycles. The van der Waals surface area contributed by atoms with Gasteiger partial charge in [-0.2, -0.15) is 0 Å². The van der Waals surface area contributed by atoms with Gasteiger partial charge in [0, 0.05) is 0 Å². The Bertz CT molecular complexity index is 656. The van der Waals surface area contributed by atoms with Crippen molar-refractivity contribution in [2.45, 2.75) is 0 Å². The summed E-state index contributed by atoms with van der Waals surface area (Å²) in [5.74, 6) is -0.797. The maximum atomic E-state index is 12.3. The molecule has 0 saturated carbocycles. The average Bonchev–Trinajstić information content (AvgIpc) is 2.71. The van der Waals surface area contributed by atoms with Crippen LogP contribution < -0.4 is 16.3 Å². The van der Waals surface area contributed by atoms with E-state index in [1.54, 1.807) is 38.4 Å². The van der Waals surface area contributed by atoms with Crippen LogP contribution in [0.5, 0.6) is 0 Å². The van der Waals surface area contributed by atoms with Gasteiger partial charge in [0.2, 0.25) is 11.8 Å². The molecule has 0 atom stereocenters. The predicted molar refractivity (Wildman–Crippen MR) is 75.3 cm³/mol. The van der Waals surface area contributed by atoms with E-state index in [2.05, 4.69) is 10.6 Å². The van der Waals surface area contributed by atoms with E-state index in [0.717, 1.165) is 9.13 Å². The summed E-state index contributed by atoms with van der Waals surface area (Å²) in [5.41, 5.74) is 0.233. The molecule has 1 heterocycles. The first-order valence-electron chi connectivity index (χ1n) is 6.20. The van der Waals surface area contributed by atoms with E-state index >= 15 is 0 Å². The minimum atomic E-state index is -0.633. The lowest BCUT2D eigenvalue weighted by Crippen LogP contribution is -2.38.